The SMILES string of the molecule is CC1(C(F)(F)F)Cc2cc(NO)c(Cl)cc2O1. The van der Waals surface area contributed by atoms with Crippen LogP contribution < -0.4 is 10.2 Å². The summed E-state index contributed by atoms with van der Waals surface area (Å²) in [6.07, 6.45) is -4.77. The van der Waals surface area contributed by atoms with Gasteiger partial charge in [-0.2, -0.15) is 13.2 Å². The molecule has 94 valence electrons. The number of rotatable bonds is 1. The van der Waals surface area contributed by atoms with Gasteiger partial charge in [0.15, 0.2) is 0 Å². The van der Waals surface area contributed by atoms with E-state index in [1.807, 2.05) is 5.48 Å². The van der Waals surface area contributed by atoms with Gasteiger partial charge in [-0.1, -0.05) is 11.6 Å². The van der Waals surface area contributed by atoms with E-state index in [1.165, 1.54) is 12.1 Å². The number of alkyl halides is 3. The Morgan fingerprint density at radius 3 is 2.65 bits per heavy atom. The van der Waals surface area contributed by atoms with Crippen molar-refractivity contribution in [3.8, 4) is 5.75 Å². The number of hydrogen-bond acceptors (Lipinski definition) is 3. The predicted octanol–water partition coefficient (Wildman–Crippen LogP) is 3.40. The fraction of sp³-hybridized carbons (Fsp3) is 0.400. The van der Waals surface area contributed by atoms with Crippen molar-refractivity contribution in [2.24, 2.45) is 0 Å². The minimum absolute atomic E-state index is 0.0915. The maximum absolute atomic E-state index is 12.8. The summed E-state index contributed by atoms with van der Waals surface area (Å²) in [4.78, 5) is 0. The molecule has 1 heterocycles. The largest absolute Gasteiger partial charge is 0.477 e. The minimum atomic E-state index is -4.47. The van der Waals surface area contributed by atoms with Gasteiger partial charge in [0.25, 0.3) is 0 Å². The van der Waals surface area contributed by atoms with Crippen LogP contribution in [-0.2, 0) is 6.42 Å². The van der Waals surface area contributed by atoms with E-state index < -0.39 is 11.8 Å². The molecule has 0 fully saturated rings. The van der Waals surface area contributed by atoms with Gasteiger partial charge in [0.2, 0.25) is 5.60 Å². The molecule has 0 spiro atoms. The van der Waals surface area contributed by atoms with E-state index in [2.05, 4.69) is 0 Å². The first-order valence-electron chi connectivity index (χ1n) is 4.75. The van der Waals surface area contributed by atoms with E-state index in [9.17, 15) is 13.2 Å². The summed E-state index contributed by atoms with van der Waals surface area (Å²) in [6.45, 7) is 0.979. The lowest BCUT2D eigenvalue weighted by Gasteiger charge is -2.26. The molecule has 1 aromatic carbocycles. The molecule has 1 unspecified atom stereocenters. The normalized spacial score (nSPS) is 23.2. The van der Waals surface area contributed by atoms with Crippen molar-refractivity contribution in [1.29, 1.82) is 0 Å². The second-order valence-electron chi connectivity index (χ2n) is 4.06. The number of anilines is 1. The molecular formula is C10H9ClF3NO2. The van der Waals surface area contributed by atoms with Crippen LogP contribution in [0.5, 0.6) is 5.75 Å². The molecule has 0 bridgehead atoms. The average Bonchev–Trinajstić information content (AvgIpc) is 2.52. The number of nitrogens with one attached hydrogen (secondary N) is 1. The molecule has 1 aliphatic rings. The number of fused-ring (bicyclic) bond motifs is 1. The van der Waals surface area contributed by atoms with Crippen molar-refractivity contribution in [3.63, 3.8) is 0 Å². The Labute approximate surface area is 100 Å². The maximum Gasteiger partial charge on any atom is 0.428 e. The monoisotopic (exact) mass is 267 g/mol. The molecule has 0 amide bonds. The molecular weight excluding hydrogens is 259 g/mol. The van der Waals surface area contributed by atoms with Gasteiger partial charge in [0.05, 0.1) is 10.7 Å². The highest BCUT2D eigenvalue weighted by Crippen LogP contribution is 2.46. The van der Waals surface area contributed by atoms with Gasteiger partial charge in [-0.15, -0.1) is 0 Å². The Morgan fingerprint density at radius 1 is 1.47 bits per heavy atom. The highest BCUT2D eigenvalue weighted by atomic mass is 35.5. The molecule has 2 N–H and O–H groups in total. The van der Waals surface area contributed by atoms with Crippen molar-refractivity contribution in [3.05, 3.63) is 22.7 Å². The Bertz CT molecular complexity index is 464. The van der Waals surface area contributed by atoms with Crippen LogP contribution in [-0.4, -0.2) is 17.0 Å². The highest BCUT2D eigenvalue weighted by Gasteiger charge is 2.56. The first-order valence-corrected chi connectivity index (χ1v) is 5.13. The summed E-state index contributed by atoms with van der Waals surface area (Å²) in [5.41, 5.74) is 0.0847. The van der Waals surface area contributed by atoms with Crippen LogP contribution in [0.15, 0.2) is 12.1 Å². The predicted molar refractivity (Wildman–Crippen MR) is 55.7 cm³/mol. The third kappa shape index (κ3) is 1.91. The quantitative estimate of drug-likeness (QED) is 0.766. The van der Waals surface area contributed by atoms with Gasteiger partial charge < -0.3 is 4.74 Å². The molecule has 17 heavy (non-hydrogen) atoms. The summed E-state index contributed by atoms with van der Waals surface area (Å²) in [6, 6.07) is 2.60. The molecule has 2 rings (SSSR count). The van der Waals surface area contributed by atoms with E-state index in [0.29, 0.717) is 5.56 Å². The van der Waals surface area contributed by atoms with Gasteiger partial charge in [-0.05, 0) is 13.0 Å². The summed E-state index contributed by atoms with van der Waals surface area (Å²) in [5, 5.41) is 8.84. The molecule has 0 aliphatic carbocycles. The number of ether oxygens (including phenoxy) is 1. The topological polar surface area (TPSA) is 41.5 Å². The summed E-state index contributed by atoms with van der Waals surface area (Å²) in [5.74, 6) is 0.0915. The van der Waals surface area contributed by atoms with Crippen LogP contribution in [0.2, 0.25) is 5.02 Å². The molecule has 1 atom stereocenters. The second-order valence-corrected chi connectivity index (χ2v) is 4.47. The minimum Gasteiger partial charge on any atom is -0.477 e. The summed E-state index contributed by atoms with van der Waals surface area (Å²) in [7, 11) is 0. The van der Waals surface area contributed by atoms with Crippen LogP contribution in [0.25, 0.3) is 0 Å². The Balaban J connectivity index is 2.41. The van der Waals surface area contributed by atoms with Gasteiger partial charge in [-0.25, -0.2) is 0 Å². The maximum atomic E-state index is 12.8. The molecule has 0 radical (unpaired) electrons. The lowest BCUT2D eigenvalue weighted by atomic mass is 9.98. The standard InChI is InChI=1S/C10H9ClF3NO2/c1-9(10(12,13)14)4-5-2-7(15-16)6(11)3-8(5)17-9/h2-3,15-16H,4H2,1H3. The van der Waals surface area contributed by atoms with Gasteiger partial charge in [-0.3, -0.25) is 10.7 Å². The van der Waals surface area contributed by atoms with Crippen molar-refractivity contribution >= 4 is 17.3 Å². The van der Waals surface area contributed by atoms with Crippen molar-refractivity contribution in [2.45, 2.75) is 25.1 Å². The van der Waals surface area contributed by atoms with Gasteiger partial charge in [0.1, 0.15) is 5.75 Å². The molecule has 0 saturated heterocycles. The molecule has 1 aromatic rings. The van der Waals surface area contributed by atoms with Crippen LogP contribution in [0, 0.1) is 0 Å². The van der Waals surface area contributed by atoms with E-state index in [-0.39, 0.29) is 22.9 Å². The molecule has 7 heteroatoms. The second kappa shape index (κ2) is 3.68. The first-order chi connectivity index (χ1) is 7.77. The van der Waals surface area contributed by atoms with Gasteiger partial charge in [0, 0.05) is 18.1 Å². The molecule has 0 aromatic heterocycles. The van der Waals surface area contributed by atoms with Crippen LogP contribution in [0.3, 0.4) is 0 Å². The lowest BCUT2D eigenvalue weighted by molar-refractivity contribution is -0.235. The zero-order valence-electron chi connectivity index (χ0n) is 8.73. The smallest absolute Gasteiger partial charge is 0.428 e. The summed E-state index contributed by atoms with van der Waals surface area (Å²) < 4.78 is 43.2. The third-order valence-electron chi connectivity index (χ3n) is 2.73. The number of benzene rings is 1. The average molecular weight is 268 g/mol. The van der Waals surface area contributed by atoms with E-state index >= 15 is 0 Å². The molecule has 0 saturated carbocycles. The zero-order valence-corrected chi connectivity index (χ0v) is 9.49. The van der Waals surface area contributed by atoms with E-state index in [4.69, 9.17) is 21.5 Å². The fourth-order valence-corrected chi connectivity index (χ4v) is 1.91. The van der Waals surface area contributed by atoms with Crippen molar-refractivity contribution in [2.75, 3.05) is 5.48 Å². The molecule has 1 aliphatic heterocycles. The Morgan fingerprint density at radius 2 is 2.12 bits per heavy atom. The Hall–Kier alpha value is -1.14. The van der Waals surface area contributed by atoms with E-state index in [1.54, 1.807) is 0 Å². The number of halogens is 4. The van der Waals surface area contributed by atoms with E-state index in [0.717, 1.165) is 6.92 Å². The van der Waals surface area contributed by atoms with Crippen molar-refractivity contribution < 1.29 is 23.1 Å². The Kier molecular flexibility index (Phi) is 2.67. The van der Waals surface area contributed by atoms with Crippen LogP contribution in [0.4, 0.5) is 18.9 Å². The fourth-order valence-electron chi connectivity index (χ4n) is 1.72. The van der Waals surface area contributed by atoms with Crippen LogP contribution in [0.1, 0.15) is 12.5 Å². The lowest BCUT2D eigenvalue weighted by Crippen LogP contribution is -2.46. The third-order valence-corrected chi connectivity index (χ3v) is 3.05. The zero-order chi connectivity index (χ0) is 12.8. The highest BCUT2D eigenvalue weighted by molar-refractivity contribution is 6.33. The van der Waals surface area contributed by atoms with Crippen LogP contribution >= 0.6 is 11.6 Å². The summed E-state index contributed by atoms with van der Waals surface area (Å²) >= 11 is 5.73. The van der Waals surface area contributed by atoms with Gasteiger partial charge >= 0.3 is 6.18 Å². The molecule has 3 nitrogen and oxygen atoms in total. The number of hydrogen-bond donors (Lipinski definition) is 2. The van der Waals surface area contributed by atoms with Crippen molar-refractivity contribution in [1.82, 2.24) is 0 Å². The first kappa shape index (κ1) is 12.3.